The maximum atomic E-state index is 3.77. The third-order valence-corrected chi connectivity index (χ3v) is 4.96. The number of benzene rings is 2. The number of aryl methyl sites for hydroxylation is 1. The van der Waals surface area contributed by atoms with Gasteiger partial charge in [-0.25, -0.2) is 0 Å². The van der Waals surface area contributed by atoms with Crippen LogP contribution in [0.15, 0.2) is 54.6 Å². The number of rotatable bonds is 5. The molecular weight excluding hydrogens is 280 g/mol. The smallest absolute Gasteiger partial charge is 0.0208 e. The van der Waals surface area contributed by atoms with Crippen molar-refractivity contribution in [3.8, 4) is 0 Å². The van der Waals surface area contributed by atoms with Gasteiger partial charge in [0, 0.05) is 25.7 Å². The minimum absolute atomic E-state index is 0.565. The van der Waals surface area contributed by atoms with Gasteiger partial charge < -0.3 is 10.2 Å². The Morgan fingerprint density at radius 2 is 1.74 bits per heavy atom. The Kier molecular flexibility index (Phi) is 5.47. The molecule has 2 heteroatoms. The summed E-state index contributed by atoms with van der Waals surface area (Å²) >= 11 is 0. The fraction of sp³-hybridized carbons (Fsp3) is 0.429. The van der Waals surface area contributed by atoms with Crippen LogP contribution >= 0.6 is 0 Å². The van der Waals surface area contributed by atoms with Crippen molar-refractivity contribution in [2.45, 2.75) is 38.8 Å². The van der Waals surface area contributed by atoms with Gasteiger partial charge in [0.05, 0.1) is 0 Å². The number of likely N-dealkylation sites (N-methyl/N-ethyl adjacent to an activating group) is 1. The van der Waals surface area contributed by atoms with E-state index < -0.39 is 0 Å². The summed E-state index contributed by atoms with van der Waals surface area (Å²) in [5.41, 5.74) is 4.20. The average molecular weight is 308 g/mol. The second-order valence-electron chi connectivity index (χ2n) is 6.76. The molecule has 0 saturated carbocycles. The predicted molar refractivity (Wildman–Crippen MR) is 97.7 cm³/mol. The van der Waals surface area contributed by atoms with E-state index in [0.717, 1.165) is 19.6 Å². The van der Waals surface area contributed by atoms with Crippen LogP contribution in [0, 0.1) is 6.92 Å². The number of nitrogens with zero attached hydrogens (tertiary/aromatic N) is 1. The maximum absolute atomic E-state index is 3.77. The molecule has 2 nitrogen and oxygen atoms in total. The molecule has 2 atom stereocenters. The molecule has 3 rings (SSSR count). The van der Waals surface area contributed by atoms with Crippen molar-refractivity contribution in [2.75, 3.05) is 19.6 Å². The fourth-order valence-corrected chi connectivity index (χ4v) is 3.53. The summed E-state index contributed by atoms with van der Waals surface area (Å²) in [6.45, 7) is 8.86. The second-order valence-corrected chi connectivity index (χ2v) is 6.76. The number of piperidine rings is 1. The molecule has 2 aromatic rings. The highest BCUT2D eigenvalue weighted by atomic mass is 15.2. The largest absolute Gasteiger partial charge is 0.309 e. The highest BCUT2D eigenvalue weighted by Crippen LogP contribution is 2.27. The summed E-state index contributed by atoms with van der Waals surface area (Å²) in [6.07, 6.45) is 1.23. The normalized spacial score (nSPS) is 22.2. The molecule has 2 aromatic carbocycles. The van der Waals surface area contributed by atoms with E-state index in [9.17, 15) is 0 Å². The molecule has 1 fully saturated rings. The first kappa shape index (κ1) is 16.2. The first-order chi connectivity index (χ1) is 11.2. The Morgan fingerprint density at radius 1 is 1.00 bits per heavy atom. The van der Waals surface area contributed by atoms with Crippen molar-refractivity contribution < 1.29 is 0 Å². The molecule has 0 bridgehead atoms. The molecule has 0 radical (unpaired) electrons. The van der Waals surface area contributed by atoms with Crippen LogP contribution in [0.3, 0.4) is 0 Å². The molecule has 1 heterocycles. The molecule has 0 aliphatic carbocycles. The van der Waals surface area contributed by atoms with Gasteiger partial charge in [0.1, 0.15) is 0 Å². The number of hydrogen-bond acceptors (Lipinski definition) is 2. The summed E-state index contributed by atoms with van der Waals surface area (Å²) in [5.74, 6) is 0.637. The Morgan fingerprint density at radius 3 is 2.43 bits per heavy atom. The summed E-state index contributed by atoms with van der Waals surface area (Å²) in [6, 6.07) is 20.4. The monoisotopic (exact) mass is 308 g/mol. The quantitative estimate of drug-likeness (QED) is 0.899. The van der Waals surface area contributed by atoms with Crippen molar-refractivity contribution in [1.29, 1.82) is 0 Å². The van der Waals surface area contributed by atoms with E-state index in [1.165, 1.54) is 29.7 Å². The highest BCUT2D eigenvalue weighted by Gasteiger charge is 2.27. The van der Waals surface area contributed by atoms with Crippen LogP contribution in [-0.4, -0.2) is 30.6 Å². The Labute approximate surface area is 140 Å². The van der Waals surface area contributed by atoms with E-state index in [2.05, 4.69) is 78.7 Å². The van der Waals surface area contributed by atoms with E-state index in [1.807, 2.05) is 0 Å². The van der Waals surface area contributed by atoms with Gasteiger partial charge in [-0.2, -0.15) is 0 Å². The highest BCUT2D eigenvalue weighted by molar-refractivity contribution is 5.25. The van der Waals surface area contributed by atoms with Crippen LogP contribution < -0.4 is 5.32 Å². The number of hydrogen-bond donors (Lipinski definition) is 1. The molecule has 2 unspecified atom stereocenters. The van der Waals surface area contributed by atoms with Gasteiger partial charge in [-0.3, -0.25) is 0 Å². The lowest BCUT2D eigenvalue weighted by Crippen LogP contribution is -2.48. The standard InChI is InChI=1S/C21H28N2/c1-3-23-15-20(19-11-9-17(2)10-12-19)13-21(16-23)22-14-18-7-5-4-6-8-18/h4-12,20-22H,3,13-16H2,1-2H3. The predicted octanol–water partition coefficient (Wildman–Crippen LogP) is 3.96. The van der Waals surface area contributed by atoms with Gasteiger partial charge in [-0.15, -0.1) is 0 Å². The Bertz CT molecular complexity index is 591. The van der Waals surface area contributed by atoms with Crippen LogP contribution in [0.4, 0.5) is 0 Å². The zero-order valence-corrected chi connectivity index (χ0v) is 14.3. The number of nitrogens with one attached hydrogen (secondary N) is 1. The van der Waals surface area contributed by atoms with Gasteiger partial charge in [0.25, 0.3) is 0 Å². The van der Waals surface area contributed by atoms with Crippen molar-refractivity contribution in [3.63, 3.8) is 0 Å². The van der Waals surface area contributed by atoms with Crippen LogP contribution in [0.2, 0.25) is 0 Å². The summed E-state index contributed by atoms with van der Waals surface area (Å²) < 4.78 is 0. The third kappa shape index (κ3) is 4.43. The Balaban J connectivity index is 1.65. The molecule has 122 valence electrons. The van der Waals surface area contributed by atoms with Crippen LogP contribution in [0.25, 0.3) is 0 Å². The molecule has 0 amide bonds. The summed E-state index contributed by atoms with van der Waals surface area (Å²) in [4.78, 5) is 2.58. The lowest BCUT2D eigenvalue weighted by Gasteiger charge is -2.38. The van der Waals surface area contributed by atoms with Crippen molar-refractivity contribution >= 4 is 0 Å². The molecule has 1 aliphatic rings. The lowest BCUT2D eigenvalue weighted by molar-refractivity contribution is 0.178. The molecular formula is C21H28N2. The minimum atomic E-state index is 0.565. The van der Waals surface area contributed by atoms with E-state index in [-0.39, 0.29) is 0 Å². The van der Waals surface area contributed by atoms with Crippen molar-refractivity contribution in [3.05, 3.63) is 71.3 Å². The van der Waals surface area contributed by atoms with Crippen LogP contribution in [0.1, 0.15) is 36.0 Å². The third-order valence-electron chi connectivity index (χ3n) is 4.96. The van der Waals surface area contributed by atoms with Gasteiger partial charge in [-0.1, -0.05) is 67.1 Å². The fourth-order valence-electron chi connectivity index (χ4n) is 3.53. The molecule has 1 N–H and O–H groups in total. The van der Waals surface area contributed by atoms with E-state index in [0.29, 0.717) is 12.0 Å². The zero-order chi connectivity index (χ0) is 16.1. The molecule has 0 spiro atoms. The van der Waals surface area contributed by atoms with E-state index in [1.54, 1.807) is 0 Å². The summed E-state index contributed by atoms with van der Waals surface area (Å²) in [5, 5.41) is 3.77. The van der Waals surface area contributed by atoms with Crippen LogP contribution in [0.5, 0.6) is 0 Å². The van der Waals surface area contributed by atoms with E-state index in [4.69, 9.17) is 0 Å². The lowest BCUT2D eigenvalue weighted by atomic mass is 9.87. The van der Waals surface area contributed by atoms with Gasteiger partial charge in [0.15, 0.2) is 0 Å². The van der Waals surface area contributed by atoms with Gasteiger partial charge >= 0.3 is 0 Å². The molecule has 1 aliphatic heterocycles. The first-order valence-corrected chi connectivity index (χ1v) is 8.81. The van der Waals surface area contributed by atoms with Crippen molar-refractivity contribution in [2.24, 2.45) is 0 Å². The zero-order valence-electron chi connectivity index (χ0n) is 14.3. The van der Waals surface area contributed by atoms with E-state index >= 15 is 0 Å². The average Bonchev–Trinajstić information content (AvgIpc) is 2.61. The SMILES string of the molecule is CCN1CC(NCc2ccccc2)CC(c2ccc(C)cc2)C1. The minimum Gasteiger partial charge on any atom is -0.309 e. The second kappa shape index (κ2) is 7.76. The van der Waals surface area contributed by atoms with Crippen LogP contribution in [-0.2, 0) is 6.54 Å². The van der Waals surface area contributed by atoms with Gasteiger partial charge in [-0.05, 0) is 36.9 Å². The summed E-state index contributed by atoms with van der Waals surface area (Å²) in [7, 11) is 0. The van der Waals surface area contributed by atoms with Gasteiger partial charge in [0.2, 0.25) is 0 Å². The first-order valence-electron chi connectivity index (χ1n) is 8.81. The maximum Gasteiger partial charge on any atom is 0.0208 e. The number of likely N-dealkylation sites (tertiary alicyclic amines) is 1. The topological polar surface area (TPSA) is 15.3 Å². The van der Waals surface area contributed by atoms with Crippen molar-refractivity contribution in [1.82, 2.24) is 10.2 Å². The Hall–Kier alpha value is -1.64. The molecule has 1 saturated heterocycles. The molecule has 0 aromatic heterocycles. The molecule has 23 heavy (non-hydrogen) atoms.